The molecule has 0 aromatic heterocycles. The van der Waals surface area contributed by atoms with Gasteiger partial charge in [0, 0.05) is 25.8 Å². The van der Waals surface area contributed by atoms with Gasteiger partial charge in [-0.3, -0.25) is 4.79 Å². The zero-order chi connectivity index (χ0) is 13.2. The first-order chi connectivity index (χ1) is 9.29. The zero-order valence-electron chi connectivity index (χ0n) is 11.8. The van der Waals surface area contributed by atoms with Crippen molar-refractivity contribution < 1.29 is 9.53 Å². The van der Waals surface area contributed by atoms with Crippen LogP contribution >= 0.6 is 0 Å². The molecule has 1 atom stereocenters. The Labute approximate surface area is 115 Å². The molecule has 3 aliphatic rings. The Morgan fingerprint density at radius 2 is 2.21 bits per heavy atom. The summed E-state index contributed by atoms with van der Waals surface area (Å²) in [5, 5.41) is 3.01. The Morgan fingerprint density at radius 3 is 3.05 bits per heavy atom. The molecule has 0 aromatic carbocycles. The minimum absolute atomic E-state index is 0.167. The van der Waals surface area contributed by atoms with Crippen molar-refractivity contribution in [2.45, 2.75) is 51.9 Å². The highest BCUT2D eigenvalue weighted by molar-refractivity contribution is 5.75. The van der Waals surface area contributed by atoms with Crippen LogP contribution in [0.25, 0.3) is 0 Å². The van der Waals surface area contributed by atoms with Crippen LogP contribution < -0.4 is 5.32 Å². The van der Waals surface area contributed by atoms with Crippen molar-refractivity contribution in [3.63, 3.8) is 0 Å². The Balaban J connectivity index is 1.64. The standard InChI is InChI=1S/C16H23NO2/c1-2-15(18)17-9-7-12-4-3-11-5-6-14-13(16(11)12)8-10-19-14/h12H,2-10H2,1H3,(H,17,18)/t12-/m0/s1. The van der Waals surface area contributed by atoms with E-state index < -0.39 is 0 Å². The smallest absolute Gasteiger partial charge is 0.219 e. The molecule has 0 fully saturated rings. The molecule has 0 aromatic rings. The lowest BCUT2D eigenvalue weighted by molar-refractivity contribution is -0.120. The Bertz CT molecular complexity index is 448. The molecule has 1 N–H and O–H groups in total. The van der Waals surface area contributed by atoms with E-state index in [9.17, 15) is 4.79 Å². The Kier molecular flexibility index (Phi) is 3.63. The normalized spacial score (nSPS) is 25.2. The molecule has 19 heavy (non-hydrogen) atoms. The summed E-state index contributed by atoms with van der Waals surface area (Å²) in [6.45, 7) is 3.60. The summed E-state index contributed by atoms with van der Waals surface area (Å²) in [7, 11) is 0. The third-order valence-corrected chi connectivity index (χ3v) is 4.66. The second kappa shape index (κ2) is 5.40. The summed E-state index contributed by atoms with van der Waals surface area (Å²) in [6, 6.07) is 0. The van der Waals surface area contributed by atoms with Gasteiger partial charge in [-0.2, -0.15) is 0 Å². The molecule has 0 spiro atoms. The summed E-state index contributed by atoms with van der Waals surface area (Å²) >= 11 is 0. The van der Waals surface area contributed by atoms with Gasteiger partial charge in [-0.1, -0.05) is 12.5 Å². The van der Waals surface area contributed by atoms with E-state index >= 15 is 0 Å². The van der Waals surface area contributed by atoms with Crippen molar-refractivity contribution in [3.05, 3.63) is 22.5 Å². The minimum atomic E-state index is 0.167. The van der Waals surface area contributed by atoms with E-state index in [1.807, 2.05) is 6.92 Å². The van der Waals surface area contributed by atoms with E-state index in [2.05, 4.69) is 5.32 Å². The van der Waals surface area contributed by atoms with Crippen LogP contribution in [0.1, 0.15) is 51.9 Å². The molecular formula is C16H23NO2. The largest absolute Gasteiger partial charge is 0.497 e. The molecule has 0 unspecified atom stereocenters. The van der Waals surface area contributed by atoms with Crippen molar-refractivity contribution in [2.75, 3.05) is 13.2 Å². The van der Waals surface area contributed by atoms with E-state index in [0.717, 1.165) is 32.4 Å². The number of fused-ring (bicyclic) bond motifs is 1. The number of hydrogen-bond donors (Lipinski definition) is 1. The first-order valence-electron chi connectivity index (χ1n) is 7.63. The minimum Gasteiger partial charge on any atom is -0.497 e. The Hall–Kier alpha value is -1.25. The van der Waals surface area contributed by atoms with Crippen LogP contribution in [0.4, 0.5) is 0 Å². The van der Waals surface area contributed by atoms with Crippen molar-refractivity contribution in [2.24, 2.45) is 5.92 Å². The van der Waals surface area contributed by atoms with Gasteiger partial charge >= 0.3 is 0 Å². The lowest BCUT2D eigenvalue weighted by Crippen LogP contribution is -2.25. The third kappa shape index (κ3) is 2.43. The molecular weight excluding hydrogens is 238 g/mol. The maximum Gasteiger partial charge on any atom is 0.219 e. The first-order valence-corrected chi connectivity index (χ1v) is 7.63. The molecule has 3 nitrogen and oxygen atoms in total. The first kappa shape index (κ1) is 12.8. The molecule has 2 aliphatic carbocycles. The Morgan fingerprint density at radius 1 is 1.32 bits per heavy atom. The van der Waals surface area contributed by atoms with Gasteiger partial charge in [-0.25, -0.2) is 0 Å². The van der Waals surface area contributed by atoms with Crippen LogP contribution in [-0.4, -0.2) is 19.1 Å². The second-order valence-corrected chi connectivity index (χ2v) is 5.75. The molecule has 3 rings (SSSR count). The molecule has 3 heteroatoms. The molecule has 1 heterocycles. The fourth-order valence-corrected chi connectivity index (χ4v) is 3.71. The zero-order valence-corrected chi connectivity index (χ0v) is 11.8. The summed E-state index contributed by atoms with van der Waals surface area (Å²) in [5.41, 5.74) is 4.81. The van der Waals surface area contributed by atoms with Crippen molar-refractivity contribution in [1.82, 2.24) is 5.32 Å². The molecule has 1 amide bonds. The molecule has 104 valence electrons. The molecule has 0 saturated carbocycles. The summed E-state index contributed by atoms with van der Waals surface area (Å²) < 4.78 is 5.75. The molecule has 0 radical (unpaired) electrons. The SMILES string of the molecule is CCC(=O)NCC[C@@H]1CCC2=C1C1=C(CC2)OCC1. The number of allylic oxidation sites excluding steroid dienone is 3. The number of nitrogens with one attached hydrogen (secondary N) is 1. The monoisotopic (exact) mass is 261 g/mol. The lowest BCUT2D eigenvalue weighted by Gasteiger charge is -2.21. The number of ether oxygens (including phenoxy) is 1. The van der Waals surface area contributed by atoms with Crippen molar-refractivity contribution in [1.29, 1.82) is 0 Å². The molecule has 0 saturated heterocycles. The predicted molar refractivity (Wildman–Crippen MR) is 74.5 cm³/mol. The van der Waals surface area contributed by atoms with Gasteiger partial charge in [0.15, 0.2) is 0 Å². The third-order valence-electron chi connectivity index (χ3n) is 4.66. The topological polar surface area (TPSA) is 38.3 Å². The fraction of sp³-hybridized carbons (Fsp3) is 0.688. The van der Waals surface area contributed by atoms with Crippen LogP contribution in [0.3, 0.4) is 0 Å². The average Bonchev–Trinajstić information content (AvgIpc) is 3.03. The summed E-state index contributed by atoms with van der Waals surface area (Å²) in [5.74, 6) is 2.09. The van der Waals surface area contributed by atoms with Crippen LogP contribution in [0.15, 0.2) is 22.5 Å². The van der Waals surface area contributed by atoms with E-state index in [4.69, 9.17) is 4.74 Å². The summed E-state index contributed by atoms with van der Waals surface area (Å²) in [6.07, 6.45) is 7.62. The summed E-state index contributed by atoms with van der Waals surface area (Å²) in [4.78, 5) is 11.3. The maximum atomic E-state index is 11.3. The van der Waals surface area contributed by atoms with Gasteiger partial charge < -0.3 is 10.1 Å². The lowest BCUT2D eigenvalue weighted by atomic mass is 9.85. The van der Waals surface area contributed by atoms with Gasteiger partial charge in [0.1, 0.15) is 0 Å². The number of hydrogen-bond acceptors (Lipinski definition) is 2. The predicted octanol–water partition coefficient (Wildman–Crippen LogP) is 3.08. The highest BCUT2D eigenvalue weighted by Crippen LogP contribution is 2.48. The quantitative estimate of drug-likeness (QED) is 0.844. The fourth-order valence-electron chi connectivity index (χ4n) is 3.71. The van der Waals surface area contributed by atoms with E-state index in [1.165, 1.54) is 30.6 Å². The number of rotatable bonds is 4. The maximum absolute atomic E-state index is 11.3. The van der Waals surface area contributed by atoms with Gasteiger partial charge in [0.25, 0.3) is 0 Å². The highest BCUT2D eigenvalue weighted by Gasteiger charge is 2.34. The average molecular weight is 261 g/mol. The van der Waals surface area contributed by atoms with Crippen LogP contribution in [0, 0.1) is 5.92 Å². The van der Waals surface area contributed by atoms with E-state index in [1.54, 1.807) is 11.1 Å². The molecule has 0 bridgehead atoms. The second-order valence-electron chi connectivity index (χ2n) is 5.75. The van der Waals surface area contributed by atoms with Crippen LogP contribution in [0.2, 0.25) is 0 Å². The van der Waals surface area contributed by atoms with E-state index in [0.29, 0.717) is 12.3 Å². The van der Waals surface area contributed by atoms with Gasteiger partial charge in [0.05, 0.1) is 12.4 Å². The van der Waals surface area contributed by atoms with Gasteiger partial charge in [-0.05, 0) is 42.7 Å². The van der Waals surface area contributed by atoms with Gasteiger partial charge in [0.2, 0.25) is 5.91 Å². The van der Waals surface area contributed by atoms with Crippen LogP contribution in [-0.2, 0) is 9.53 Å². The number of amides is 1. The number of carbonyl (C=O) groups is 1. The van der Waals surface area contributed by atoms with Crippen LogP contribution in [0.5, 0.6) is 0 Å². The molecule has 1 aliphatic heterocycles. The van der Waals surface area contributed by atoms with E-state index in [-0.39, 0.29) is 5.91 Å². The van der Waals surface area contributed by atoms with Crippen molar-refractivity contribution in [3.8, 4) is 0 Å². The van der Waals surface area contributed by atoms with Crippen molar-refractivity contribution >= 4 is 5.91 Å². The number of carbonyl (C=O) groups excluding carboxylic acids is 1. The highest BCUT2D eigenvalue weighted by atomic mass is 16.5. The van der Waals surface area contributed by atoms with Gasteiger partial charge in [-0.15, -0.1) is 0 Å².